The van der Waals surface area contributed by atoms with Crippen molar-refractivity contribution in [1.29, 1.82) is 0 Å². The van der Waals surface area contributed by atoms with E-state index >= 15 is 0 Å². The molecular formula is C14H20Si. The molecule has 0 saturated carbocycles. The minimum Gasteiger partial charge on any atom is -0.0986 e. The Morgan fingerprint density at radius 3 is 2.20 bits per heavy atom. The van der Waals surface area contributed by atoms with Gasteiger partial charge in [-0.2, -0.15) is 0 Å². The molecule has 0 atom stereocenters. The highest BCUT2D eigenvalue weighted by Crippen LogP contribution is 2.08. The van der Waals surface area contributed by atoms with Crippen molar-refractivity contribution in [3.8, 4) is 0 Å². The van der Waals surface area contributed by atoms with E-state index in [4.69, 9.17) is 0 Å². The smallest absolute Gasteiger partial charge is 0.0683 e. The van der Waals surface area contributed by atoms with Gasteiger partial charge in [0.1, 0.15) is 0 Å². The molecule has 0 aliphatic heterocycles. The summed E-state index contributed by atoms with van der Waals surface area (Å²) in [5.74, 6) is 0. The summed E-state index contributed by atoms with van der Waals surface area (Å²) in [6.07, 6.45) is 5.22. The SMILES string of the molecule is C=Cc1ccc(C/C=C/[Si](C)(C)C)cc1. The Bertz CT molecular complexity index is 339. The van der Waals surface area contributed by atoms with Crippen LogP contribution >= 0.6 is 0 Å². The summed E-state index contributed by atoms with van der Waals surface area (Å²) < 4.78 is 0. The highest BCUT2D eigenvalue weighted by atomic mass is 28.3. The molecule has 1 rings (SSSR count). The maximum atomic E-state index is 3.75. The Balaban J connectivity index is 2.58. The first-order valence-corrected chi connectivity index (χ1v) is 8.98. The van der Waals surface area contributed by atoms with Gasteiger partial charge >= 0.3 is 0 Å². The lowest BCUT2D eigenvalue weighted by Gasteiger charge is -2.08. The van der Waals surface area contributed by atoms with Crippen LogP contribution in [0.2, 0.25) is 19.6 Å². The fraction of sp³-hybridized carbons (Fsp3) is 0.286. The van der Waals surface area contributed by atoms with Gasteiger partial charge in [-0.05, 0) is 17.5 Å². The number of rotatable bonds is 4. The van der Waals surface area contributed by atoms with Crippen molar-refractivity contribution in [3.63, 3.8) is 0 Å². The first-order valence-electron chi connectivity index (χ1n) is 5.40. The van der Waals surface area contributed by atoms with Crippen LogP contribution in [0.4, 0.5) is 0 Å². The molecule has 0 radical (unpaired) electrons. The van der Waals surface area contributed by atoms with Gasteiger partial charge in [0, 0.05) is 0 Å². The van der Waals surface area contributed by atoms with Gasteiger partial charge in [-0.3, -0.25) is 0 Å². The van der Waals surface area contributed by atoms with Gasteiger partial charge in [-0.15, -0.1) is 0 Å². The Kier molecular flexibility index (Phi) is 4.10. The van der Waals surface area contributed by atoms with E-state index in [2.05, 4.69) is 62.3 Å². The third-order valence-electron chi connectivity index (χ3n) is 2.19. The van der Waals surface area contributed by atoms with Gasteiger partial charge in [0.25, 0.3) is 0 Å². The Morgan fingerprint density at radius 1 is 1.13 bits per heavy atom. The molecule has 0 bridgehead atoms. The number of benzene rings is 1. The molecule has 1 aromatic rings. The van der Waals surface area contributed by atoms with Crippen molar-refractivity contribution in [1.82, 2.24) is 0 Å². The van der Waals surface area contributed by atoms with E-state index in [1.165, 1.54) is 11.1 Å². The zero-order valence-corrected chi connectivity index (χ0v) is 11.0. The van der Waals surface area contributed by atoms with Crippen LogP contribution in [0.15, 0.2) is 42.6 Å². The zero-order valence-electron chi connectivity index (χ0n) is 9.96. The van der Waals surface area contributed by atoms with Crippen LogP contribution in [0.1, 0.15) is 11.1 Å². The summed E-state index contributed by atoms with van der Waals surface area (Å²) in [5.41, 5.74) is 4.96. The number of allylic oxidation sites excluding steroid dienone is 1. The van der Waals surface area contributed by atoms with Crippen molar-refractivity contribution in [3.05, 3.63) is 53.7 Å². The van der Waals surface area contributed by atoms with Gasteiger partial charge in [-0.1, -0.05) is 68.3 Å². The average molecular weight is 216 g/mol. The van der Waals surface area contributed by atoms with Crippen molar-refractivity contribution in [2.24, 2.45) is 0 Å². The molecule has 80 valence electrons. The fourth-order valence-electron chi connectivity index (χ4n) is 1.34. The van der Waals surface area contributed by atoms with E-state index in [1.54, 1.807) is 0 Å². The fourth-order valence-corrected chi connectivity index (χ4v) is 2.16. The maximum Gasteiger partial charge on any atom is 0.0683 e. The third-order valence-corrected chi connectivity index (χ3v) is 3.42. The van der Waals surface area contributed by atoms with Gasteiger partial charge in [0.05, 0.1) is 8.07 Å². The maximum absolute atomic E-state index is 3.75. The first-order chi connectivity index (χ1) is 7.01. The lowest BCUT2D eigenvalue weighted by Crippen LogP contribution is -2.15. The van der Waals surface area contributed by atoms with E-state index in [1.807, 2.05) is 6.08 Å². The summed E-state index contributed by atoms with van der Waals surface area (Å²) in [7, 11) is -1.03. The largest absolute Gasteiger partial charge is 0.0986 e. The summed E-state index contributed by atoms with van der Waals surface area (Å²) in [5, 5.41) is 0. The summed E-state index contributed by atoms with van der Waals surface area (Å²) in [6.45, 7) is 10.8. The highest BCUT2D eigenvalue weighted by molar-refractivity contribution is 6.80. The Morgan fingerprint density at radius 2 is 1.73 bits per heavy atom. The van der Waals surface area contributed by atoms with Crippen molar-refractivity contribution in [2.45, 2.75) is 26.1 Å². The second-order valence-corrected chi connectivity index (χ2v) is 9.98. The lowest BCUT2D eigenvalue weighted by atomic mass is 10.1. The monoisotopic (exact) mass is 216 g/mol. The zero-order chi connectivity index (χ0) is 11.3. The van der Waals surface area contributed by atoms with Crippen molar-refractivity contribution in [2.75, 3.05) is 0 Å². The molecule has 0 aromatic heterocycles. The van der Waals surface area contributed by atoms with Crippen LogP contribution < -0.4 is 0 Å². The number of hydrogen-bond acceptors (Lipinski definition) is 0. The molecular weight excluding hydrogens is 196 g/mol. The molecule has 0 aliphatic carbocycles. The molecule has 0 heterocycles. The van der Waals surface area contributed by atoms with E-state index in [0.717, 1.165) is 6.42 Å². The second kappa shape index (κ2) is 5.13. The van der Waals surface area contributed by atoms with Crippen LogP contribution in [0, 0.1) is 0 Å². The minimum absolute atomic E-state index is 1.03. The van der Waals surface area contributed by atoms with Crippen LogP contribution in [0.5, 0.6) is 0 Å². The van der Waals surface area contributed by atoms with Crippen LogP contribution in [0.25, 0.3) is 6.08 Å². The van der Waals surface area contributed by atoms with Gasteiger partial charge < -0.3 is 0 Å². The molecule has 15 heavy (non-hydrogen) atoms. The van der Waals surface area contributed by atoms with Crippen molar-refractivity contribution >= 4 is 14.1 Å². The molecule has 1 aromatic carbocycles. The standard InChI is InChI=1S/C14H20Si/c1-5-13-8-10-14(11-9-13)7-6-12-15(2,3)4/h5-6,8-12H,1,7H2,2-4H3/b12-6+. The minimum atomic E-state index is -1.03. The lowest BCUT2D eigenvalue weighted by molar-refractivity contribution is 1.27. The van der Waals surface area contributed by atoms with Crippen molar-refractivity contribution < 1.29 is 0 Å². The predicted molar refractivity (Wildman–Crippen MR) is 72.7 cm³/mol. The van der Waals surface area contributed by atoms with E-state index in [9.17, 15) is 0 Å². The quantitative estimate of drug-likeness (QED) is 0.658. The summed E-state index contributed by atoms with van der Waals surface area (Å²) in [6, 6.07) is 8.58. The Labute approximate surface area is 94.4 Å². The van der Waals surface area contributed by atoms with Gasteiger partial charge in [-0.25, -0.2) is 0 Å². The van der Waals surface area contributed by atoms with Crippen LogP contribution in [-0.4, -0.2) is 8.07 Å². The molecule has 0 saturated heterocycles. The Hall–Kier alpha value is -1.08. The molecule has 0 unspecified atom stereocenters. The molecule has 1 heteroatoms. The molecule has 0 spiro atoms. The summed E-state index contributed by atoms with van der Waals surface area (Å²) in [4.78, 5) is 0. The van der Waals surface area contributed by atoms with E-state index in [-0.39, 0.29) is 0 Å². The average Bonchev–Trinajstić information content (AvgIpc) is 2.17. The topological polar surface area (TPSA) is 0 Å². The molecule has 0 nitrogen and oxygen atoms in total. The molecule has 0 amide bonds. The molecule has 0 aliphatic rings. The first kappa shape index (κ1) is 12.0. The van der Waals surface area contributed by atoms with E-state index < -0.39 is 8.07 Å². The van der Waals surface area contributed by atoms with E-state index in [0.29, 0.717) is 0 Å². The molecule has 0 N–H and O–H groups in total. The van der Waals surface area contributed by atoms with Crippen LogP contribution in [0.3, 0.4) is 0 Å². The number of hydrogen-bond donors (Lipinski definition) is 0. The predicted octanol–water partition coefficient (Wildman–Crippen LogP) is 4.31. The molecule has 0 fully saturated rings. The second-order valence-electron chi connectivity index (χ2n) is 4.92. The van der Waals surface area contributed by atoms with Gasteiger partial charge in [0.2, 0.25) is 0 Å². The van der Waals surface area contributed by atoms with Crippen LogP contribution in [-0.2, 0) is 6.42 Å². The highest BCUT2D eigenvalue weighted by Gasteiger charge is 2.05. The summed E-state index contributed by atoms with van der Waals surface area (Å²) >= 11 is 0. The van der Waals surface area contributed by atoms with Gasteiger partial charge in [0.15, 0.2) is 0 Å². The third kappa shape index (κ3) is 4.80. The normalized spacial score (nSPS) is 11.9.